The van der Waals surface area contributed by atoms with Crippen LogP contribution in [0.5, 0.6) is 0 Å². The molecule has 29 heavy (non-hydrogen) atoms. The normalized spacial score (nSPS) is 18.0. The van der Waals surface area contributed by atoms with Crippen LogP contribution in [0.4, 0.5) is 5.69 Å². The zero-order valence-electron chi connectivity index (χ0n) is 16.8. The second-order valence-electron chi connectivity index (χ2n) is 7.57. The highest BCUT2D eigenvalue weighted by atomic mass is 16.5. The van der Waals surface area contributed by atoms with E-state index in [0.29, 0.717) is 13.2 Å². The SMILES string of the molecule is COC(=O)Cc1cn(CN2CC(C)(C(=O)OC)c3ccccc32)c2ccccc12. The number of nitrogens with zero attached hydrogens (tertiary/aromatic N) is 2. The molecule has 1 aliphatic rings. The summed E-state index contributed by atoms with van der Waals surface area (Å²) in [5.74, 6) is -0.506. The maximum Gasteiger partial charge on any atom is 0.317 e. The van der Waals surface area contributed by atoms with Gasteiger partial charge in [-0.15, -0.1) is 0 Å². The van der Waals surface area contributed by atoms with Crippen molar-refractivity contribution < 1.29 is 19.1 Å². The van der Waals surface area contributed by atoms with Gasteiger partial charge in [0.25, 0.3) is 0 Å². The van der Waals surface area contributed by atoms with Crippen molar-refractivity contribution in [2.45, 2.75) is 25.4 Å². The van der Waals surface area contributed by atoms with Crippen LogP contribution in [0, 0.1) is 0 Å². The Morgan fingerprint density at radius 2 is 1.76 bits per heavy atom. The molecule has 1 aromatic heterocycles. The lowest BCUT2D eigenvalue weighted by Crippen LogP contribution is -2.39. The van der Waals surface area contributed by atoms with Gasteiger partial charge in [-0.2, -0.15) is 0 Å². The Labute approximate surface area is 169 Å². The summed E-state index contributed by atoms with van der Waals surface area (Å²) in [6.45, 7) is 3.01. The van der Waals surface area contributed by atoms with Crippen LogP contribution in [0.15, 0.2) is 54.7 Å². The van der Waals surface area contributed by atoms with Gasteiger partial charge in [-0.05, 0) is 30.2 Å². The van der Waals surface area contributed by atoms with Gasteiger partial charge in [-0.25, -0.2) is 0 Å². The first kappa shape index (κ1) is 19.1. The predicted molar refractivity (Wildman–Crippen MR) is 111 cm³/mol. The Balaban J connectivity index is 1.73. The van der Waals surface area contributed by atoms with Crippen molar-refractivity contribution in [1.82, 2.24) is 4.57 Å². The Morgan fingerprint density at radius 3 is 2.52 bits per heavy atom. The van der Waals surface area contributed by atoms with E-state index in [4.69, 9.17) is 9.47 Å². The fourth-order valence-corrected chi connectivity index (χ4v) is 4.29. The van der Waals surface area contributed by atoms with E-state index in [-0.39, 0.29) is 18.4 Å². The number of carbonyl (C=O) groups is 2. The average molecular weight is 392 g/mol. The second kappa shape index (κ2) is 7.28. The minimum absolute atomic E-state index is 0.223. The number of benzene rings is 2. The Hall–Kier alpha value is -3.28. The minimum Gasteiger partial charge on any atom is -0.469 e. The molecule has 0 aliphatic carbocycles. The molecule has 2 aromatic carbocycles. The summed E-state index contributed by atoms with van der Waals surface area (Å²) in [7, 11) is 2.83. The maximum absolute atomic E-state index is 12.6. The molecular weight excluding hydrogens is 368 g/mol. The van der Waals surface area contributed by atoms with Crippen LogP contribution >= 0.6 is 0 Å². The first-order valence-corrected chi connectivity index (χ1v) is 9.54. The van der Waals surface area contributed by atoms with E-state index >= 15 is 0 Å². The molecule has 1 atom stereocenters. The average Bonchev–Trinajstić information content (AvgIpc) is 3.24. The number of hydrogen-bond acceptors (Lipinski definition) is 5. The monoisotopic (exact) mass is 392 g/mol. The molecule has 1 unspecified atom stereocenters. The van der Waals surface area contributed by atoms with Gasteiger partial charge in [0.2, 0.25) is 0 Å². The summed E-state index contributed by atoms with van der Waals surface area (Å²) < 4.78 is 12.1. The predicted octanol–water partition coefficient (Wildman–Crippen LogP) is 3.27. The maximum atomic E-state index is 12.6. The standard InChI is InChI=1S/C23H24N2O4/c1-23(22(27)29-3)14-25(20-11-7-5-9-18(20)23)15-24-13-16(12-21(26)28-2)17-8-4-6-10-19(17)24/h4-11,13H,12,14-15H2,1-3H3. The quantitative estimate of drug-likeness (QED) is 0.624. The van der Waals surface area contributed by atoms with Crippen molar-refractivity contribution in [3.8, 4) is 0 Å². The number of carbonyl (C=O) groups excluding carboxylic acids is 2. The van der Waals surface area contributed by atoms with Crippen LogP contribution in [0.25, 0.3) is 10.9 Å². The molecular formula is C23H24N2O4. The molecule has 0 spiro atoms. The van der Waals surface area contributed by atoms with E-state index in [1.165, 1.54) is 14.2 Å². The Kier molecular flexibility index (Phi) is 4.78. The fraction of sp³-hybridized carbons (Fsp3) is 0.304. The van der Waals surface area contributed by atoms with Gasteiger partial charge in [0, 0.05) is 29.3 Å². The number of para-hydroxylation sites is 2. The molecule has 0 fully saturated rings. The number of ether oxygens (including phenoxy) is 2. The molecule has 0 N–H and O–H groups in total. The third-order valence-electron chi connectivity index (χ3n) is 5.74. The van der Waals surface area contributed by atoms with Crippen molar-refractivity contribution >= 4 is 28.5 Å². The number of methoxy groups -OCH3 is 2. The van der Waals surface area contributed by atoms with Crippen molar-refractivity contribution in [3.63, 3.8) is 0 Å². The van der Waals surface area contributed by atoms with Crippen LogP contribution in [0.2, 0.25) is 0 Å². The molecule has 3 aromatic rings. The van der Waals surface area contributed by atoms with Gasteiger partial charge in [0.15, 0.2) is 0 Å². The molecule has 6 heteroatoms. The number of anilines is 1. The first-order valence-electron chi connectivity index (χ1n) is 9.54. The molecule has 1 aliphatic heterocycles. The van der Waals surface area contributed by atoms with Crippen molar-refractivity contribution in [2.24, 2.45) is 0 Å². The van der Waals surface area contributed by atoms with Crippen LogP contribution < -0.4 is 4.90 Å². The number of fused-ring (bicyclic) bond motifs is 2. The largest absolute Gasteiger partial charge is 0.469 e. The van der Waals surface area contributed by atoms with Gasteiger partial charge in [0.05, 0.1) is 27.3 Å². The lowest BCUT2D eigenvalue weighted by Gasteiger charge is -2.24. The highest BCUT2D eigenvalue weighted by Gasteiger charge is 2.45. The molecule has 4 rings (SSSR count). The first-order chi connectivity index (χ1) is 14.0. The third-order valence-corrected chi connectivity index (χ3v) is 5.74. The lowest BCUT2D eigenvalue weighted by atomic mass is 9.85. The number of hydrogen-bond donors (Lipinski definition) is 0. The summed E-state index contributed by atoms with van der Waals surface area (Å²) >= 11 is 0. The van der Waals surface area contributed by atoms with Crippen molar-refractivity contribution in [1.29, 1.82) is 0 Å². The van der Waals surface area contributed by atoms with E-state index < -0.39 is 5.41 Å². The van der Waals surface area contributed by atoms with Gasteiger partial charge < -0.3 is 18.9 Å². The van der Waals surface area contributed by atoms with Gasteiger partial charge in [-0.3, -0.25) is 9.59 Å². The summed E-state index contributed by atoms with van der Waals surface area (Å²) in [4.78, 5) is 26.6. The zero-order chi connectivity index (χ0) is 20.6. The Morgan fingerprint density at radius 1 is 1.03 bits per heavy atom. The lowest BCUT2D eigenvalue weighted by molar-refractivity contribution is -0.146. The minimum atomic E-state index is -0.719. The van der Waals surface area contributed by atoms with Crippen molar-refractivity contribution in [2.75, 3.05) is 25.7 Å². The topological polar surface area (TPSA) is 60.8 Å². The van der Waals surface area contributed by atoms with E-state index in [9.17, 15) is 9.59 Å². The van der Waals surface area contributed by atoms with Crippen LogP contribution in [0.3, 0.4) is 0 Å². The molecule has 2 heterocycles. The van der Waals surface area contributed by atoms with Gasteiger partial charge in [-0.1, -0.05) is 36.4 Å². The fourth-order valence-electron chi connectivity index (χ4n) is 4.29. The zero-order valence-corrected chi connectivity index (χ0v) is 16.8. The number of esters is 2. The molecule has 0 radical (unpaired) electrons. The number of rotatable bonds is 5. The van der Waals surface area contributed by atoms with E-state index in [2.05, 4.69) is 9.47 Å². The van der Waals surface area contributed by atoms with E-state index in [1.807, 2.05) is 61.7 Å². The molecule has 0 saturated carbocycles. The van der Waals surface area contributed by atoms with E-state index in [0.717, 1.165) is 27.7 Å². The third kappa shape index (κ3) is 3.14. The summed E-state index contributed by atoms with van der Waals surface area (Å²) in [5, 5.41) is 1.03. The summed E-state index contributed by atoms with van der Waals surface area (Å²) in [6, 6.07) is 15.9. The van der Waals surface area contributed by atoms with Crippen molar-refractivity contribution in [3.05, 3.63) is 65.9 Å². The summed E-state index contributed by atoms with van der Waals surface area (Å²) in [6.07, 6.45) is 2.22. The van der Waals surface area contributed by atoms with E-state index in [1.54, 1.807) is 0 Å². The highest BCUT2D eigenvalue weighted by Crippen LogP contribution is 2.42. The molecule has 0 amide bonds. The second-order valence-corrected chi connectivity index (χ2v) is 7.57. The Bertz CT molecular complexity index is 1090. The van der Waals surface area contributed by atoms with Crippen LogP contribution in [-0.2, 0) is 37.6 Å². The van der Waals surface area contributed by atoms with Gasteiger partial charge >= 0.3 is 11.9 Å². The molecule has 0 saturated heterocycles. The van der Waals surface area contributed by atoms with Crippen LogP contribution in [-0.4, -0.2) is 37.3 Å². The molecule has 6 nitrogen and oxygen atoms in total. The number of aromatic nitrogens is 1. The molecule has 150 valence electrons. The smallest absolute Gasteiger partial charge is 0.317 e. The highest BCUT2D eigenvalue weighted by molar-refractivity contribution is 5.90. The summed E-state index contributed by atoms with van der Waals surface area (Å²) in [5.41, 5.74) is 3.24. The van der Waals surface area contributed by atoms with Crippen LogP contribution in [0.1, 0.15) is 18.1 Å². The molecule has 0 bridgehead atoms. The van der Waals surface area contributed by atoms with Gasteiger partial charge in [0.1, 0.15) is 5.41 Å².